The van der Waals surface area contributed by atoms with Crippen molar-refractivity contribution in [3.8, 4) is 0 Å². The van der Waals surface area contributed by atoms with Gasteiger partial charge in [-0.05, 0) is 30.5 Å². The van der Waals surface area contributed by atoms with Crippen molar-refractivity contribution in [2.75, 3.05) is 6.54 Å². The minimum Gasteiger partial charge on any atom is -0.370 e. The average molecular weight is 367 g/mol. The Hall–Kier alpha value is -2.60. The number of primary amides is 1. The third-order valence-corrected chi connectivity index (χ3v) is 5.25. The molecule has 5 nitrogen and oxygen atoms in total. The second kappa shape index (κ2) is 8.67. The number of rotatable bonds is 7. The Morgan fingerprint density at radius 1 is 1.08 bits per heavy atom. The second-order valence-electron chi connectivity index (χ2n) is 6.09. The predicted molar refractivity (Wildman–Crippen MR) is 105 cm³/mol. The predicted octanol–water partition coefficient (Wildman–Crippen LogP) is 3.13. The molecule has 2 aromatic carbocycles. The van der Waals surface area contributed by atoms with Gasteiger partial charge in [0, 0.05) is 13.0 Å². The average Bonchev–Trinajstić information content (AvgIpc) is 2.92. The second-order valence-corrected chi connectivity index (χ2v) is 7.26. The number of benzene rings is 2. The van der Waals surface area contributed by atoms with E-state index < -0.39 is 11.2 Å². The molecule has 1 atom stereocenters. The summed E-state index contributed by atoms with van der Waals surface area (Å²) in [7, 11) is 0. The summed E-state index contributed by atoms with van der Waals surface area (Å²) in [5.74, 6) is -0.558. The molecule has 2 amide bonds. The minimum absolute atomic E-state index is 0.0342. The number of carbonyl (C=O) groups excluding carboxylic acids is 2. The summed E-state index contributed by atoms with van der Waals surface area (Å²) < 4.78 is 0. The van der Waals surface area contributed by atoms with Gasteiger partial charge in [0.1, 0.15) is 5.25 Å². The van der Waals surface area contributed by atoms with Gasteiger partial charge in [-0.3, -0.25) is 14.5 Å². The highest BCUT2D eigenvalue weighted by molar-refractivity contribution is 8.15. The zero-order valence-electron chi connectivity index (χ0n) is 14.4. The van der Waals surface area contributed by atoms with Crippen molar-refractivity contribution in [1.29, 1.82) is 0 Å². The first kappa shape index (κ1) is 18.2. The van der Waals surface area contributed by atoms with Gasteiger partial charge in [-0.2, -0.15) is 0 Å². The topological polar surface area (TPSA) is 75.8 Å². The number of hydrogen-bond acceptors (Lipinski definition) is 4. The quantitative estimate of drug-likeness (QED) is 0.817. The number of para-hydroxylation sites is 1. The molecule has 1 heterocycles. The highest BCUT2D eigenvalue weighted by Crippen LogP contribution is 2.31. The zero-order chi connectivity index (χ0) is 18.4. The lowest BCUT2D eigenvalue weighted by atomic mass is 10.1. The minimum atomic E-state index is -0.480. The number of nitrogens with zero attached hydrogens (tertiary/aromatic N) is 2. The maximum atomic E-state index is 12.7. The Bertz CT molecular complexity index is 793. The van der Waals surface area contributed by atoms with Crippen LogP contribution in [0.2, 0.25) is 0 Å². The van der Waals surface area contributed by atoms with Gasteiger partial charge < -0.3 is 5.73 Å². The van der Waals surface area contributed by atoms with Crippen LogP contribution in [0.4, 0.5) is 5.69 Å². The standard InChI is InChI=1S/C20H21N3O2S/c21-18(24)14-17-19(25)23(13-7-10-15-8-3-1-4-9-15)20(26-17)22-16-11-5-2-6-12-16/h1-6,8-9,11-12,17H,7,10,13-14H2,(H2,21,24). The lowest BCUT2D eigenvalue weighted by Gasteiger charge is -2.16. The van der Waals surface area contributed by atoms with Gasteiger partial charge in [0.15, 0.2) is 5.17 Å². The van der Waals surface area contributed by atoms with Crippen molar-refractivity contribution < 1.29 is 9.59 Å². The fraction of sp³-hybridized carbons (Fsp3) is 0.250. The first-order chi connectivity index (χ1) is 12.6. The van der Waals surface area contributed by atoms with Crippen LogP contribution in [0.1, 0.15) is 18.4 Å². The van der Waals surface area contributed by atoms with Crippen LogP contribution in [0.3, 0.4) is 0 Å². The molecule has 0 spiro atoms. The number of amidine groups is 1. The largest absolute Gasteiger partial charge is 0.370 e. The van der Waals surface area contributed by atoms with Crippen molar-refractivity contribution >= 4 is 34.4 Å². The van der Waals surface area contributed by atoms with Crippen LogP contribution in [0.15, 0.2) is 65.7 Å². The Morgan fingerprint density at radius 2 is 1.73 bits per heavy atom. The van der Waals surface area contributed by atoms with Crippen molar-refractivity contribution in [3.63, 3.8) is 0 Å². The number of amides is 2. The molecule has 6 heteroatoms. The maximum Gasteiger partial charge on any atom is 0.242 e. The van der Waals surface area contributed by atoms with Gasteiger partial charge in [0.25, 0.3) is 0 Å². The van der Waals surface area contributed by atoms with Crippen LogP contribution in [-0.2, 0) is 16.0 Å². The third-order valence-electron chi connectivity index (χ3n) is 4.08. The molecular weight excluding hydrogens is 346 g/mol. The van der Waals surface area contributed by atoms with Crippen LogP contribution < -0.4 is 5.73 Å². The molecule has 26 heavy (non-hydrogen) atoms. The van der Waals surface area contributed by atoms with Gasteiger partial charge in [-0.25, -0.2) is 4.99 Å². The third kappa shape index (κ3) is 4.73. The van der Waals surface area contributed by atoms with Crippen molar-refractivity contribution in [2.24, 2.45) is 10.7 Å². The molecule has 2 aromatic rings. The van der Waals surface area contributed by atoms with E-state index in [2.05, 4.69) is 17.1 Å². The number of thioether (sulfide) groups is 1. The molecule has 0 aliphatic carbocycles. The Balaban J connectivity index is 1.73. The maximum absolute atomic E-state index is 12.7. The molecule has 1 aliphatic rings. The number of carbonyl (C=O) groups is 2. The highest BCUT2D eigenvalue weighted by atomic mass is 32.2. The molecular formula is C20H21N3O2S. The first-order valence-corrected chi connectivity index (χ1v) is 9.45. The number of nitrogens with two attached hydrogens (primary N) is 1. The molecule has 2 N–H and O–H groups in total. The SMILES string of the molecule is NC(=O)CC1SC(=Nc2ccccc2)N(CCCc2ccccc2)C1=O. The van der Waals surface area contributed by atoms with Gasteiger partial charge >= 0.3 is 0 Å². The summed E-state index contributed by atoms with van der Waals surface area (Å²) >= 11 is 1.32. The van der Waals surface area contributed by atoms with Crippen LogP contribution in [0.25, 0.3) is 0 Å². The van der Waals surface area contributed by atoms with E-state index in [1.807, 2.05) is 48.5 Å². The number of aliphatic imine (C=N–C) groups is 1. The Kier molecular flexibility index (Phi) is 6.07. The summed E-state index contributed by atoms with van der Waals surface area (Å²) in [5.41, 5.74) is 7.32. The molecule has 0 bridgehead atoms. The van der Waals surface area contributed by atoms with E-state index in [9.17, 15) is 9.59 Å². The monoisotopic (exact) mass is 367 g/mol. The van der Waals surface area contributed by atoms with Crippen molar-refractivity contribution in [1.82, 2.24) is 4.90 Å². The highest BCUT2D eigenvalue weighted by Gasteiger charge is 2.38. The van der Waals surface area contributed by atoms with Crippen molar-refractivity contribution in [2.45, 2.75) is 24.5 Å². The molecule has 0 saturated carbocycles. The molecule has 134 valence electrons. The summed E-state index contributed by atoms with van der Waals surface area (Å²) in [4.78, 5) is 30.3. The van der Waals surface area contributed by atoms with Crippen LogP contribution in [-0.4, -0.2) is 33.7 Å². The summed E-state index contributed by atoms with van der Waals surface area (Å²) in [6.45, 7) is 0.571. The lowest BCUT2D eigenvalue weighted by molar-refractivity contribution is -0.128. The van der Waals surface area contributed by atoms with Crippen LogP contribution >= 0.6 is 11.8 Å². The number of hydrogen-bond donors (Lipinski definition) is 1. The number of aryl methyl sites for hydroxylation is 1. The molecule has 1 aliphatic heterocycles. The van der Waals surface area contributed by atoms with Crippen LogP contribution in [0.5, 0.6) is 0 Å². The molecule has 3 rings (SSSR count). The van der Waals surface area contributed by atoms with E-state index >= 15 is 0 Å². The molecule has 1 saturated heterocycles. The Labute approximate surface area is 157 Å². The van der Waals surface area contributed by atoms with Crippen LogP contribution in [0, 0.1) is 0 Å². The zero-order valence-corrected chi connectivity index (χ0v) is 15.2. The van der Waals surface area contributed by atoms with E-state index in [0.717, 1.165) is 18.5 Å². The van der Waals surface area contributed by atoms with Gasteiger partial charge in [0.2, 0.25) is 11.8 Å². The summed E-state index contributed by atoms with van der Waals surface area (Å²) in [5, 5.41) is 0.159. The van der Waals surface area contributed by atoms with E-state index in [1.165, 1.54) is 17.3 Å². The van der Waals surface area contributed by atoms with Gasteiger partial charge in [-0.1, -0.05) is 60.3 Å². The molecule has 0 radical (unpaired) electrons. The van der Waals surface area contributed by atoms with Crippen molar-refractivity contribution in [3.05, 3.63) is 66.2 Å². The summed E-state index contributed by atoms with van der Waals surface area (Å²) in [6, 6.07) is 19.7. The van der Waals surface area contributed by atoms with E-state index in [4.69, 9.17) is 5.73 Å². The fourth-order valence-electron chi connectivity index (χ4n) is 2.81. The molecule has 1 fully saturated rings. The normalized spacial score (nSPS) is 18.5. The van der Waals surface area contributed by atoms with E-state index in [0.29, 0.717) is 11.7 Å². The fourth-order valence-corrected chi connectivity index (χ4v) is 4.01. The van der Waals surface area contributed by atoms with Gasteiger partial charge in [0.05, 0.1) is 5.69 Å². The lowest BCUT2D eigenvalue weighted by Crippen LogP contribution is -2.34. The summed E-state index contributed by atoms with van der Waals surface area (Å²) in [6.07, 6.45) is 1.74. The van der Waals surface area contributed by atoms with Gasteiger partial charge in [-0.15, -0.1) is 0 Å². The molecule has 1 unspecified atom stereocenters. The smallest absolute Gasteiger partial charge is 0.242 e. The first-order valence-electron chi connectivity index (χ1n) is 8.57. The van der Waals surface area contributed by atoms with E-state index in [-0.39, 0.29) is 12.3 Å². The van der Waals surface area contributed by atoms with E-state index in [1.54, 1.807) is 4.90 Å². The Morgan fingerprint density at radius 3 is 2.38 bits per heavy atom. The molecule has 0 aromatic heterocycles.